The maximum absolute atomic E-state index is 13.5. The Bertz CT molecular complexity index is 969. The molecule has 2 aromatic heterocycles. The van der Waals surface area contributed by atoms with Gasteiger partial charge in [-0.1, -0.05) is 52.9 Å². The van der Waals surface area contributed by atoms with Crippen LogP contribution < -0.4 is 11.1 Å². The molecule has 0 aliphatic rings. The SMILES string of the molecule is CC(C)C[C@H](CO)Nc1nc(SCc2cc(F)ccc2Br)nc2nc(N)sc12. The highest BCUT2D eigenvalue weighted by atomic mass is 79.9. The summed E-state index contributed by atoms with van der Waals surface area (Å²) in [4.78, 5) is 13.4. The zero-order chi connectivity index (χ0) is 20.3. The minimum Gasteiger partial charge on any atom is -0.394 e. The van der Waals surface area contributed by atoms with E-state index in [-0.39, 0.29) is 18.5 Å². The fraction of sp³-hybridized carbons (Fsp3) is 0.389. The fourth-order valence-electron chi connectivity index (χ4n) is 2.72. The second-order valence-electron chi connectivity index (χ2n) is 6.74. The standard InChI is InChI=1S/C18H21BrFN5OS2/c1-9(2)5-12(7-26)22-15-14-16(23-17(21)28-14)25-18(24-15)27-8-10-6-11(20)3-4-13(10)19/h3-4,6,9,12,26H,5,7-8H2,1-2H3,(H3,21,22,23,24,25)/t12-/m1/s1. The zero-order valence-electron chi connectivity index (χ0n) is 15.4. The number of hydrogen-bond acceptors (Lipinski definition) is 8. The molecule has 0 unspecified atom stereocenters. The van der Waals surface area contributed by atoms with Crippen LogP contribution >= 0.6 is 39.0 Å². The summed E-state index contributed by atoms with van der Waals surface area (Å²) in [6.45, 7) is 4.20. The molecule has 10 heteroatoms. The van der Waals surface area contributed by atoms with Gasteiger partial charge in [-0.25, -0.2) is 19.3 Å². The van der Waals surface area contributed by atoms with Gasteiger partial charge in [-0.2, -0.15) is 0 Å². The summed E-state index contributed by atoms with van der Waals surface area (Å²) >= 11 is 6.13. The number of aliphatic hydroxyl groups is 1. The lowest BCUT2D eigenvalue weighted by molar-refractivity contribution is 0.259. The lowest BCUT2D eigenvalue weighted by Crippen LogP contribution is -2.26. The van der Waals surface area contributed by atoms with E-state index in [1.54, 1.807) is 6.07 Å². The molecule has 0 amide bonds. The van der Waals surface area contributed by atoms with Crippen molar-refractivity contribution in [1.82, 2.24) is 15.0 Å². The molecule has 1 aromatic carbocycles. The molecule has 6 nitrogen and oxygen atoms in total. The number of nitrogen functional groups attached to an aromatic ring is 1. The van der Waals surface area contributed by atoms with Crippen molar-refractivity contribution in [2.45, 2.75) is 37.2 Å². The van der Waals surface area contributed by atoms with Gasteiger partial charge < -0.3 is 16.2 Å². The maximum Gasteiger partial charge on any atom is 0.191 e. The average molecular weight is 486 g/mol. The number of aliphatic hydroxyl groups excluding tert-OH is 1. The monoisotopic (exact) mass is 485 g/mol. The van der Waals surface area contributed by atoms with Crippen LogP contribution in [0.4, 0.5) is 15.3 Å². The van der Waals surface area contributed by atoms with Crippen molar-refractivity contribution in [3.05, 3.63) is 34.1 Å². The molecule has 0 radical (unpaired) electrons. The molecule has 1 atom stereocenters. The molecular weight excluding hydrogens is 465 g/mol. The van der Waals surface area contributed by atoms with Gasteiger partial charge in [-0.05, 0) is 36.1 Å². The number of nitrogens with one attached hydrogen (secondary N) is 1. The second-order valence-corrected chi connectivity index (χ2v) is 9.56. The number of fused-ring (bicyclic) bond motifs is 1. The van der Waals surface area contributed by atoms with Gasteiger partial charge in [0.25, 0.3) is 0 Å². The highest BCUT2D eigenvalue weighted by molar-refractivity contribution is 9.10. The van der Waals surface area contributed by atoms with Crippen LogP contribution in [0, 0.1) is 11.7 Å². The smallest absolute Gasteiger partial charge is 0.191 e. The van der Waals surface area contributed by atoms with Crippen molar-refractivity contribution < 1.29 is 9.50 Å². The molecule has 28 heavy (non-hydrogen) atoms. The molecular formula is C18H21BrFN5OS2. The van der Waals surface area contributed by atoms with Crippen LogP contribution in [-0.2, 0) is 5.75 Å². The number of thioether (sulfide) groups is 1. The topological polar surface area (TPSA) is 97.0 Å². The van der Waals surface area contributed by atoms with E-state index in [1.807, 2.05) is 0 Å². The van der Waals surface area contributed by atoms with E-state index in [2.05, 4.69) is 50.0 Å². The summed E-state index contributed by atoms with van der Waals surface area (Å²) < 4.78 is 15.1. The first kappa shape index (κ1) is 21.2. The molecule has 0 bridgehead atoms. The minimum atomic E-state index is -0.288. The molecule has 150 valence electrons. The van der Waals surface area contributed by atoms with Crippen LogP contribution in [-0.4, -0.2) is 32.7 Å². The Morgan fingerprint density at radius 2 is 2.11 bits per heavy atom. The highest BCUT2D eigenvalue weighted by Crippen LogP contribution is 2.33. The predicted octanol–water partition coefficient (Wildman–Crippen LogP) is 4.68. The number of rotatable bonds is 8. The van der Waals surface area contributed by atoms with E-state index in [4.69, 9.17) is 5.73 Å². The van der Waals surface area contributed by atoms with Crippen molar-refractivity contribution in [2.75, 3.05) is 17.7 Å². The maximum atomic E-state index is 13.5. The van der Waals surface area contributed by atoms with E-state index >= 15 is 0 Å². The van der Waals surface area contributed by atoms with E-state index in [9.17, 15) is 9.50 Å². The number of anilines is 2. The summed E-state index contributed by atoms with van der Waals surface area (Å²) in [7, 11) is 0. The zero-order valence-corrected chi connectivity index (χ0v) is 18.7. The summed E-state index contributed by atoms with van der Waals surface area (Å²) in [6.07, 6.45) is 0.801. The molecule has 3 rings (SSSR count). The molecule has 0 aliphatic carbocycles. The van der Waals surface area contributed by atoms with Crippen LogP contribution in [0.15, 0.2) is 27.8 Å². The Labute approximate surface area is 179 Å². The van der Waals surface area contributed by atoms with Crippen LogP contribution in [0.1, 0.15) is 25.8 Å². The fourth-order valence-corrected chi connectivity index (χ4v) is 4.85. The number of nitrogens with two attached hydrogens (primary N) is 1. The van der Waals surface area contributed by atoms with Crippen molar-refractivity contribution >= 4 is 60.3 Å². The van der Waals surface area contributed by atoms with Crippen molar-refractivity contribution in [2.24, 2.45) is 5.92 Å². The molecule has 0 aliphatic heterocycles. The van der Waals surface area contributed by atoms with Crippen molar-refractivity contribution in [3.8, 4) is 0 Å². The lowest BCUT2D eigenvalue weighted by atomic mass is 10.0. The lowest BCUT2D eigenvalue weighted by Gasteiger charge is -2.19. The molecule has 3 aromatic rings. The third-order valence-corrected chi connectivity index (χ3v) is 6.48. The van der Waals surface area contributed by atoms with Crippen molar-refractivity contribution in [1.29, 1.82) is 0 Å². The van der Waals surface area contributed by atoms with Crippen LogP contribution in [0.5, 0.6) is 0 Å². The second kappa shape index (κ2) is 9.34. The molecule has 0 saturated carbocycles. The molecule has 0 saturated heterocycles. The minimum absolute atomic E-state index is 0.00330. The first-order valence-electron chi connectivity index (χ1n) is 8.74. The van der Waals surface area contributed by atoms with E-state index < -0.39 is 0 Å². The Morgan fingerprint density at radius 1 is 1.32 bits per heavy atom. The van der Waals surface area contributed by atoms with Crippen molar-refractivity contribution in [3.63, 3.8) is 0 Å². The first-order valence-corrected chi connectivity index (χ1v) is 11.3. The molecule has 2 heterocycles. The molecule has 0 spiro atoms. The van der Waals surface area contributed by atoms with E-state index in [0.29, 0.717) is 33.4 Å². The third-order valence-electron chi connectivity index (χ3n) is 3.93. The number of hydrogen-bond donors (Lipinski definition) is 3. The largest absolute Gasteiger partial charge is 0.394 e. The normalized spacial score (nSPS) is 12.6. The van der Waals surface area contributed by atoms with Gasteiger partial charge in [-0.3, -0.25) is 0 Å². The first-order chi connectivity index (χ1) is 13.4. The van der Waals surface area contributed by atoms with Crippen LogP contribution in [0.2, 0.25) is 0 Å². The van der Waals surface area contributed by atoms with E-state index in [1.165, 1.54) is 35.2 Å². The van der Waals surface area contributed by atoms with Crippen LogP contribution in [0.25, 0.3) is 10.3 Å². The number of benzene rings is 1. The van der Waals surface area contributed by atoms with Gasteiger partial charge in [0, 0.05) is 10.2 Å². The summed E-state index contributed by atoms with van der Waals surface area (Å²) in [5.74, 6) is 1.25. The summed E-state index contributed by atoms with van der Waals surface area (Å²) in [5, 5.41) is 13.9. The van der Waals surface area contributed by atoms with Gasteiger partial charge in [0.2, 0.25) is 0 Å². The number of aromatic nitrogens is 3. The van der Waals surface area contributed by atoms with Gasteiger partial charge in [0.15, 0.2) is 21.8 Å². The predicted molar refractivity (Wildman–Crippen MR) is 117 cm³/mol. The Hall–Kier alpha value is -1.49. The van der Waals surface area contributed by atoms with E-state index in [0.717, 1.165) is 21.2 Å². The summed E-state index contributed by atoms with van der Waals surface area (Å²) in [6, 6.07) is 4.45. The third kappa shape index (κ3) is 5.31. The molecule has 4 N–H and O–H groups in total. The van der Waals surface area contributed by atoms with Gasteiger partial charge in [0.1, 0.15) is 10.5 Å². The Kier molecular flexibility index (Phi) is 7.08. The Balaban J connectivity index is 1.87. The number of halogens is 2. The van der Waals surface area contributed by atoms with Gasteiger partial charge in [0.05, 0.1) is 12.6 Å². The summed E-state index contributed by atoms with van der Waals surface area (Å²) in [5.41, 5.74) is 7.19. The number of thiazole rings is 1. The highest BCUT2D eigenvalue weighted by Gasteiger charge is 2.17. The van der Waals surface area contributed by atoms with Crippen LogP contribution in [0.3, 0.4) is 0 Å². The number of nitrogens with zero attached hydrogens (tertiary/aromatic N) is 3. The molecule has 0 fully saturated rings. The van der Waals surface area contributed by atoms with Gasteiger partial charge in [-0.15, -0.1) is 0 Å². The quantitative estimate of drug-likeness (QED) is 0.314. The average Bonchev–Trinajstić information content (AvgIpc) is 3.02. The Morgan fingerprint density at radius 3 is 2.82 bits per heavy atom. The van der Waals surface area contributed by atoms with Gasteiger partial charge >= 0.3 is 0 Å².